The van der Waals surface area contributed by atoms with Crippen molar-refractivity contribution in [1.82, 2.24) is 0 Å². The van der Waals surface area contributed by atoms with Crippen molar-refractivity contribution in [2.24, 2.45) is 0 Å². The van der Waals surface area contributed by atoms with E-state index < -0.39 is 0 Å². The molecule has 0 spiro atoms. The molecule has 0 bridgehead atoms. The maximum atomic E-state index is 14.9. The lowest BCUT2D eigenvalue weighted by Crippen LogP contribution is -2.13. The van der Waals surface area contributed by atoms with Crippen molar-refractivity contribution in [3.63, 3.8) is 0 Å². The fourth-order valence-corrected chi connectivity index (χ4v) is 4.17. The van der Waals surface area contributed by atoms with Crippen LogP contribution >= 0.6 is 0 Å². The third kappa shape index (κ3) is 6.75. The van der Waals surface area contributed by atoms with Crippen LogP contribution in [0.3, 0.4) is 0 Å². The van der Waals surface area contributed by atoms with E-state index in [1.54, 1.807) is 19.2 Å². The Morgan fingerprint density at radius 1 is 0.944 bits per heavy atom. The molecule has 1 atom stereocenters. The Morgan fingerprint density at radius 3 is 2.25 bits per heavy atom. The summed E-state index contributed by atoms with van der Waals surface area (Å²) in [5.74, 6) is 0.723. The van der Waals surface area contributed by atoms with E-state index in [1.807, 2.05) is 61.5 Å². The second kappa shape index (κ2) is 11.9. The van der Waals surface area contributed by atoms with Crippen LogP contribution in [-0.2, 0) is 21.6 Å². The van der Waals surface area contributed by atoms with Crippen molar-refractivity contribution in [2.75, 3.05) is 14.2 Å². The molecular formula is C31H35FO4. The number of methoxy groups -OCH3 is 2. The molecule has 0 heterocycles. The summed E-state index contributed by atoms with van der Waals surface area (Å²) in [7, 11) is 2.97. The molecule has 0 aliphatic carbocycles. The van der Waals surface area contributed by atoms with Crippen molar-refractivity contribution in [3.05, 3.63) is 95.3 Å². The first-order valence-electron chi connectivity index (χ1n) is 12.1. The van der Waals surface area contributed by atoms with Crippen LogP contribution in [0.15, 0.2) is 72.8 Å². The first-order chi connectivity index (χ1) is 17.2. The molecule has 3 aromatic rings. The van der Waals surface area contributed by atoms with Gasteiger partial charge in [-0.25, -0.2) is 4.39 Å². The van der Waals surface area contributed by atoms with Gasteiger partial charge < -0.3 is 14.2 Å². The van der Waals surface area contributed by atoms with Crippen molar-refractivity contribution >= 4 is 5.97 Å². The Hall–Kier alpha value is -3.60. The molecule has 0 aliphatic heterocycles. The zero-order chi connectivity index (χ0) is 26.3. The highest BCUT2D eigenvalue weighted by atomic mass is 19.1. The van der Waals surface area contributed by atoms with Crippen LogP contribution in [-0.4, -0.2) is 20.2 Å². The Kier molecular flexibility index (Phi) is 8.92. The van der Waals surface area contributed by atoms with Gasteiger partial charge >= 0.3 is 5.97 Å². The van der Waals surface area contributed by atoms with Gasteiger partial charge in [-0.3, -0.25) is 4.79 Å². The molecule has 0 radical (unpaired) electrons. The van der Waals surface area contributed by atoms with Gasteiger partial charge in [-0.05, 0) is 71.0 Å². The van der Waals surface area contributed by atoms with Gasteiger partial charge in [0.05, 0.1) is 20.6 Å². The van der Waals surface area contributed by atoms with Crippen LogP contribution in [0.25, 0.3) is 11.1 Å². The summed E-state index contributed by atoms with van der Waals surface area (Å²) in [5.41, 5.74) is 4.15. The molecule has 0 amide bonds. The smallest absolute Gasteiger partial charge is 0.306 e. The molecule has 3 rings (SSSR count). The van der Waals surface area contributed by atoms with E-state index >= 15 is 0 Å². The van der Waals surface area contributed by atoms with Gasteiger partial charge in [0.15, 0.2) is 0 Å². The minimum absolute atomic E-state index is 0.0539. The van der Waals surface area contributed by atoms with E-state index in [4.69, 9.17) is 14.2 Å². The Bertz CT molecular complexity index is 1210. The minimum atomic E-state index is -0.294. The number of hydrogen-bond donors (Lipinski definition) is 0. The number of rotatable bonds is 9. The molecule has 0 fully saturated rings. The summed E-state index contributed by atoms with van der Waals surface area (Å²) in [4.78, 5) is 11.8. The van der Waals surface area contributed by atoms with Gasteiger partial charge in [0, 0.05) is 11.5 Å². The number of esters is 1. The van der Waals surface area contributed by atoms with E-state index in [9.17, 15) is 9.18 Å². The predicted octanol–water partition coefficient (Wildman–Crippen LogP) is 7.60. The lowest BCUT2D eigenvalue weighted by Gasteiger charge is -2.24. The second-order valence-corrected chi connectivity index (χ2v) is 9.75. The van der Waals surface area contributed by atoms with Gasteiger partial charge in [0.1, 0.15) is 23.9 Å². The standard InChI is InChI=1S/C31H35FO4/c1-7-8-23(18-30(33)35-6)22-10-12-24(13-11-22)36-20-21-9-15-28(31(2,3)4)26(17-21)27-19-25(34-5)14-16-29(27)32/h7-17,19,23H,18,20H2,1-6H3/b8-7-/t23-/m1/s1. The number of hydrogen-bond acceptors (Lipinski definition) is 4. The molecule has 0 N–H and O–H groups in total. The largest absolute Gasteiger partial charge is 0.497 e. The first kappa shape index (κ1) is 27.0. The summed E-state index contributed by atoms with van der Waals surface area (Å²) >= 11 is 0. The van der Waals surface area contributed by atoms with E-state index in [-0.39, 0.29) is 29.5 Å². The highest BCUT2D eigenvalue weighted by Gasteiger charge is 2.21. The highest BCUT2D eigenvalue weighted by Crippen LogP contribution is 2.37. The molecule has 4 nitrogen and oxygen atoms in total. The van der Waals surface area contributed by atoms with Crippen molar-refractivity contribution in [1.29, 1.82) is 0 Å². The molecule has 0 unspecified atom stereocenters. The highest BCUT2D eigenvalue weighted by molar-refractivity contribution is 5.72. The number of carbonyl (C=O) groups excluding carboxylic acids is 1. The van der Waals surface area contributed by atoms with Crippen molar-refractivity contribution in [2.45, 2.75) is 52.1 Å². The monoisotopic (exact) mass is 490 g/mol. The van der Waals surface area contributed by atoms with Crippen LogP contribution in [0.5, 0.6) is 11.5 Å². The molecule has 0 saturated heterocycles. The van der Waals surface area contributed by atoms with Crippen molar-refractivity contribution in [3.8, 4) is 22.6 Å². The Balaban J connectivity index is 1.84. The number of benzene rings is 3. The van der Waals surface area contributed by atoms with Crippen LogP contribution in [0, 0.1) is 5.82 Å². The van der Waals surface area contributed by atoms with Crippen molar-refractivity contribution < 1.29 is 23.4 Å². The Labute approximate surface area is 213 Å². The second-order valence-electron chi connectivity index (χ2n) is 9.75. The molecule has 3 aromatic carbocycles. The predicted molar refractivity (Wildman–Crippen MR) is 142 cm³/mol. The van der Waals surface area contributed by atoms with Gasteiger partial charge in [-0.15, -0.1) is 0 Å². The molecule has 0 aliphatic rings. The third-order valence-electron chi connectivity index (χ3n) is 6.11. The number of allylic oxidation sites excluding steroid dienone is 2. The maximum Gasteiger partial charge on any atom is 0.306 e. The molecule has 36 heavy (non-hydrogen) atoms. The van der Waals surface area contributed by atoms with Crippen LogP contribution in [0.4, 0.5) is 4.39 Å². The van der Waals surface area contributed by atoms with E-state index in [0.717, 1.165) is 22.3 Å². The lowest BCUT2D eigenvalue weighted by atomic mass is 9.81. The van der Waals surface area contributed by atoms with E-state index in [0.29, 0.717) is 23.7 Å². The van der Waals surface area contributed by atoms with Gasteiger partial charge in [-0.1, -0.05) is 57.2 Å². The van der Waals surface area contributed by atoms with Crippen LogP contribution in [0.2, 0.25) is 0 Å². The fraction of sp³-hybridized carbons (Fsp3) is 0.323. The summed E-state index contributed by atoms with van der Waals surface area (Å²) in [6.45, 7) is 8.61. The lowest BCUT2D eigenvalue weighted by molar-refractivity contribution is -0.140. The molecular weight excluding hydrogens is 455 g/mol. The quantitative estimate of drug-likeness (QED) is 0.229. The number of ether oxygens (including phenoxy) is 3. The average molecular weight is 491 g/mol. The van der Waals surface area contributed by atoms with Crippen LogP contribution in [0.1, 0.15) is 56.7 Å². The summed E-state index contributed by atoms with van der Waals surface area (Å²) in [6, 6.07) is 18.6. The Morgan fingerprint density at radius 2 is 1.64 bits per heavy atom. The zero-order valence-electron chi connectivity index (χ0n) is 21.9. The van der Waals surface area contributed by atoms with Gasteiger partial charge in [0.2, 0.25) is 0 Å². The molecule has 190 valence electrons. The minimum Gasteiger partial charge on any atom is -0.497 e. The fourth-order valence-electron chi connectivity index (χ4n) is 4.17. The van der Waals surface area contributed by atoms with E-state index in [1.165, 1.54) is 13.2 Å². The molecule has 0 aromatic heterocycles. The number of carbonyl (C=O) groups is 1. The van der Waals surface area contributed by atoms with E-state index in [2.05, 4.69) is 20.8 Å². The van der Waals surface area contributed by atoms with Gasteiger partial charge in [0.25, 0.3) is 0 Å². The summed E-state index contributed by atoms with van der Waals surface area (Å²) in [6.07, 6.45) is 4.20. The summed E-state index contributed by atoms with van der Waals surface area (Å²) < 4.78 is 31.1. The average Bonchev–Trinajstić information content (AvgIpc) is 2.87. The molecule has 0 saturated carbocycles. The van der Waals surface area contributed by atoms with Gasteiger partial charge in [-0.2, -0.15) is 0 Å². The zero-order valence-corrected chi connectivity index (χ0v) is 21.9. The topological polar surface area (TPSA) is 44.8 Å². The number of halogens is 1. The SMILES string of the molecule is C/C=C\[C@H](CC(=O)OC)c1ccc(OCc2ccc(C(C)(C)C)c(-c3cc(OC)ccc3F)c2)cc1. The maximum absolute atomic E-state index is 14.9. The molecule has 5 heteroatoms. The summed E-state index contributed by atoms with van der Waals surface area (Å²) in [5, 5.41) is 0. The first-order valence-corrected chi connectivity index (χ1v) is 12.1. The normalized spacial score (nSPS) is 12.4. The third-order valence-corrected chi connectivity index (χ3v) is 6.11. The van der Waals surface area contributed by atoms with Crippen LogP contribution < -0.4 is 9.47 Å².